The van der Waals surface area contributed by atoms with Gasteiger partial charge in [-0.2, -0.15) is 0 Å². The Morgan fingerprint density at radius 1 is 1.16 bits per heavy atom. The summed E-state index contributed by atoms with van der Waals surface area (Å²) in [7, 11) is 0. The second-order valence-corrected chi connectivity index (χ2v) is 11.1. The van der Waals surface area contributed by atoms with Gasteiger partial charge in [0, 0.05) is 54.0 Å². The zero-order valence-electron chi connectivity index (χ0n) is 20.7. The van der Waals surface area contributed by atoms with Crippen LogP contribution in [0.5, 0.6) is 5.88 Å². The standard InChI is InChI=1S/C26H27N7O3S/c1-26(2,3)20-10-21(32-36-20)30-24(34)28-17-6-4-16(5-7-17)18-13-33-19-8-9-22(35-14-15-11-27-12-15)31-23(19)37-25(33)29-18/h4-10,13,15,27H,11-12,14H2,1-3H3,(H2,28,30,32,34). The number of carbonyl (C=O) groups is 1. The summed E-state index contributed by atoms with van der Waals surface area (Å²) >= 11 is 1.53. The first-order valence-corrected chi connectivity index (χ1v) is 12.9. The van der Waals surface area contributed by atoms with Gasteiger partial charge in [0.25, 0.3) is 0 Å². The SMILES string of the molecule is CC(C)(C)c1cc(NC(=O)Nc2ccc(-c3cn4c(n3)sc3nc(OCC5CNC5)ccc34)cc2)no1. The van der Waals surface area contributed by atoms with Crippen LogP contribution in [0, 0.1) is 5.92 Å². The van der Waals surface area contributed by atoms with Crippen molar-refractivity contribution < 1.29 is 14.1 Å². The third kappa shape index (κ3) is 4.87. The Morgan fingerprint density at radius 2 is 1.97 bits per heavy atom. The molecule has 5 aromatic rings. The van der Waals surface area contributed by atoms with E-state index in [0.29, 0.717) is 35.7 Å². The molecule has 2 amide bonds. The number of carbonyl (C=O) groups excluding carboxylic acids is 1. The molecule has 1 aliphatic heterocycles. The van der Waals surface area contributed by atoms with Gasteiger partial charge in [-0.05, 0) is 18.2 Å². The zero-order chi connectivity index (χ0) is 25.6. The third-order valence-electron chi connectivity index (χ3n) is 6.20. The summed E-state index contributed by atoms with van der Waals surface area (Å²) in [5, 5.41) is 12.7. The van der Waals surface area contributed by atoms with Gasteiger partial charge in [0.2, 0.25) is 5.88 Å². The highest BCUT2D eigenvalue weighted by Crippen LogP contribution is 2.30. The molecule has 0 saturated carbocycles. The summed E-state index contributed by atoms with van der Waals surface area (Å²) < 4.78 is 13.2. The molecule has 11 heteroatoms. The van der Waals surface area contributed by atoms with Crippen molar-refractivity contribution >= 4 is 44.2 Å². The summed E-state index contributed by atoms with van der Waals surface area (Å²) in [5.41, 5.74) is 3.26. The Morgan fingerprint density at radius 3 is 2.68 bits per heavy atom. The Bertz CT molecular complexity index is 1580. The van der Waals surface area contributed by atoms with E-state index in [2.05, 4.69) is 26.1 Å². The van der Waals surface area contributed by atoms with Crippen molar-refractivity contribution in [3.8, 4) is 17.1 Å². The number of thiazole rings is 1. The predicted octanol–water partition coefficient (Wildman–Crippen LogP) is 5.14. The van der Waals surface area contributed by atoms with E-state index in [1.807, 2.05) is 67.8 Å². The van der Waals surface area contributed by atoms with Crippen molar-refractivity contribution in [2.75, 3.05) is 30.3 Å². The number of benzene rings is 1. The summed E-state index contributed by atoms with van der Waals surface area (Å²) in [5.74, 6) is 2.28. The summed E-state index contributed by atoms with van der Waals surface area (Å²) in [6, 6.07) is 12.8. The van der Waals surface area contributed by atoms with E-state index in [-0.39, 0.29) is 5.41 Å². The molecule has 0 spiro atoms. The second-order valence-electron chi connectivity index (χ2n) is 10.2. The number of amides is 2. The van der Waals surface area contributed by atoms with Crippen LogP contribution in [0.15, 0.2) is 53.2 Å². The minimum absolute atomic E-state index is 0.186. The van der Waals surface area contributed by atoms with Gasteiger partial charge >= 0.3 is 6.03 Å². The van der Waals surface area contributed by atoms with Crippen molar-refractivity contribution in [1.29, 1.82) is 0 Å². The molecule has 190 valence electrons. The molecule has 1 aromatic carbocycles. The van der Waals surface area contributed by atoms with Crippen LogP contribution >= 0.6 is 11.3 Å². The molecule has 1 fully saturated rings. The van der Waals surface area contributed by atoms with Crippen molar-refractivity contribution in [3.05, 3.63) is 54.4 Å². The first kappa shape index (κ1) is 23.4. The van der Waals surface area contributed by atoms with Crippen LogP contribution in [-0.4, -0.2) is 45.3 Å². The van der Waals surface area contributed by atoms with Crippen LogP contribution in [0.1, 0.15) is 26.5 Å². The average molecular weight is 518 g/mol. The van der Waals surface area contributed by atoms with Gasteiger partial charge in [0.15, 0.2) is 10.8 Å². The van der Waals surface area contributed by atoms with E-state index < -0.39 is 6.03 Å². The number of nitrogens with zero attached hydrogens (tertiary/aromatic N) is 4. The first-order chi connectivity index (χ1) is 17.8. The van der Waals surface area contributed by atoms with E-state index in [4.69, 9.17) is 14.2 Å². The van der Waals surface area contributed by atoms with Gasteiger partial charge in [0.1, 0.15) is 10.6 Å². The molecule has 6 rings (SSSR count). The maximum atomic E-state index is 12.4. The van der Waals surface area contributed by atoms with E-state index in [1.165, 1.54) is 11.3 Å². The van der Waals surface area contributed by atoms with Gasteiger partial charge in [-0.3, -0.25) is 9.72 Å². The topological polar surface area (TPSA) is 119 Å². The number of fused-ring (bicyclic) bond motifs is 3. The van der Waals surface area contributed by atoms with Crippen LogP contribution < -0.4 is 20.7 Å². The Labute approximate surface area is 217 Å². The number of anilines is 2. The summed E-state index contributed by atoms with van der Waals surface area (Å²) in [4.78, 5) is 23.6. The average Bonchev–Trinajstić information content (AvgIpc) is 3.53. The third-order valence-corrected chi connectivity index (χ3v) is 7.16. The number of aromatic nitrogens is 4. The molecule has 37 heavy (non-hydrogen) atoms. The van der Waals surface area contributed by atoms with Crippen LogP contribution in [0.4, 0.5) is 16.3 Å². The van der Waals surface area contributed by atoms with Crippen LogP contribution in [0.3, 0.4) is 0 Å². The minimum Gasteiger partial charge on any atom is -0.477 e. The number of urea groups is 1. The quantitative estimate of drug-likeness (QED) is 0.285. The van der Waals surface area contributed by atoms with Crippen molar-refractivity contribution in [2.24, 2.45) is 5.92 Å². The van der Waals surface area contributed by atoms with Crippen molar-refractivity contribution in [2.45, 2.75) is 26.2 Å². The van der Waals surface area contributed by atoms with E-state index in [0.717, 1.165) is 39.7 Å². The lowest BCUT2D eigenvalue weighted by Gasteiger charge is -2.26. The summed E-state index contributed by atoms with van der Waals surface area (Å²) in [6.07, 6.45) is 2.00. The molecule has 0 atom stereocenters. The van der Waals surface area contributed by atoms with Gasteiger partial charge in [-0.15, -0.1) is 0 Å². The molecule has 10 nitrogen and oxygen atoms in total. The molecule has 0 aliphatic carbocycles. The number of imidazole rings is 1. The molecule has 0 bridgehead atoms. The second kappa shape index (κ2) is 9.16. The fourth-order valence-electron chi connectivity index (χ4n) is 3.95. The lowest BCUT2D eigenvalue weighted by Crippen LogP contribution is -2.45. The normalized spacial score (nSPS) is 14.1. The molecule has 4 aromatic heterocycles. The number of hydrogen-bond acceptors (Lipinski definition) is 8. The highest BCUT2D eigenvalue weighted by molar-refractivity contribution is 7.23. The fourth-order valence-corrected chi connectivity index (χ4v) is 4.92. The first-order valence-electron chi connectivity index (χ1n) is 12.1. The largest absolute Gasteiger partial charge is 0.477 e. The van der Waals surface area contributed by atoms with Crippen molar-refractivity contribution in [3.63, 3.8) is 0 Å². The fraction of sp³-hybridized carbons (Fsp3) is 0.308. The Kier molecular flexibility index (Phi) is 5.81. The molecule has 3 N–H and O–H groups in total. The monoisotopic (exact) mass is 517 g/mol. The molecule has 0 radical (unpaired) electrons. The number of nitrogens with one attached hydrogen (secondary N) is 3. The highest BCUT2D eigenvalue weighted by atomic mass is 32.1. The number of ether oxygens (including phenoxy) is 1. The van der Waals surface area contributed by atoms with Crippen LogP contribution in [-0.2, 0) is 5.41 Å². The Hall–Kier alpha value is -3.96. The van der Waals surface area contributed by atoms with Crippen molar-refractivity contribution in [1.82, 2.24) is 24.8 Å². The number of pyridine rings is 1. The van der Waals surface area contributed by atoms with Gasteiger partial charge in [-0.1, -0.05) is 49.4 Å². The number of rotatable bonds is 6. The smallest absolute Gasteiger partial charge is 0.324 e. The molecule has 1 aliphatic rings. The molecular weight excluding hydrogens is 490 g/mol. The molecule has 5 heterocycles. The lowest BCUT2D eigenvalue weighted by atomic mass is 9.93. The van der Waals surface area contributed by atoms with Crippen LogP contribution in [0.25, 0.3) is 26.6 Å². The minimum atomic E-state index is -0.393. The molecule has 1 saturated heterocycles. The van der Waals surface area contributed by atoms with Gasteiger partial charge in [-0.25, -0.2) is 14.8 Å². The van der Waals surface area contributed by atoms with Gasteiger partial charge < -0.3 is 19.9 Å². The summed E-state index contributed by atoms with van der Waals surface area (Å²) in [6.45, 7) is 8.74. The Balaban J connectivity index is 1.12. The molecule has 0 unspecified atom stereocenters. The zero-order valence-corrected chi connectivity index (χ0v) is 21.6. The van der Waals surface area contributed by atoms with Gasteiger partial charge in [0.05, 0.1) is 17.8 Å². The predicted molar refractivity (Wildman–Crippen MR) is 144 cm³/mol. The van der Waals surface area contributed by atoms with E-state index >= 15 is 0 Å². The number of hydrogen-bond donors (Lipinski definition) is 3. The van der Waals surface area contributed by atoms with E-state index in [9.17, 15) is 4.79 Å². The van der Waals surface area contributed by atoms with E-state index in [1.54, 1.807) is 6.07 Å². The lowest BCUT2D eigenvalue weighted by molar-refractivity contribution is 0.194. The maximum Gasteiger partial charge on any atom is 0.324 e. The highest BCUT2D eigenvalue weighted by Gasteiger charge is 2.21. The maximum absolute atomic E-state index is 12.4. The van der Waals surface area contributed by atoms with Crippen LogP contribution in [0.2, 0.25) is 0 Å². The molecular formula is C26H27N7O3S.